The van der Waals surface area contributed by atoms with Crippen molar-refractivity contribution in [1.29, 1.82) is 0 Å². The fourth-order valence-corrected chi connectivity index (χ4v) is 2.51. The Morgan fingerprint density at radius 1 is 1.22 bits per heavy atom. The van der Waals surface area contributed by atoms with Gasteiger partial charge in [-0.2, -0.15) is 0 Å². The molecule has 2 N–H and O–H groups in total. The summed E-state index contributed by atoms with van der Waals surface area (Å²) < 4.78 is 5.44. The number of methoxy groups -OCH3 is 1. The normalized spacial score (nSPS) is 14.2. The predicted molar refractivity (Wildman–Crippen MR) is 78.0 cm³/mol. The van der Waals surface area contributed by atoms with Crippen molar-refractivity contribution in [3.05, 3.63) is 29.8 Å². The van der Waals surface area contributed by atoms with Crippen molar-refractivity contribution in [3.8, 4) is 5.75 Å². The van der Waals surface area contributed by atoms with Crippen molar-refractivity contribution < 1.29 is 4.74 Å². The maximum absolute atomic E-state index is 6.06. The summed E-state index contributed by atoms with van der Waals surface area (Å²) in [6.45, 7) is 5.24. The number of para-hydroxylation sites is 1. The third-order valence-electron chi connectivity index (χ3n) is 4.00. The van der Waals surface area contributed by atoms with Crippen LogP contribution in [0.4, 0.5) is 0 Å². The quantitative estimate of drug-likeness (QED) is 0.761. The van der Waals surface area contributed by atoms with Gasteiger partial charge in [-0.3, -0.25) is 0 Å². The van der Waals surface area contributed by atoms with E-state index in [4.69, 9.17) is 10.5 Å². The second-order valence-corrected chi connectivity index (χ2v) is 5.15. The zero-order valence-electron chi connectivity index (χ0n) is 12.0. The summed E-state index contributed by atoms with van der Waals surface area (Å²) in [5.74, 6) is 0.986. The number of unbranched alkanes of at least 4 members (excludes halogenated alkanes) is 1. The van der Waals surface area contributed by atoms with Crippen LogP contribution in [0.25, 0.3) is 0 Å². The molecule has 1 rings (SSSR count). The summed E-state index contributed by atoms with van der Waals surface area (Å²) in [5, 5.41) is 0. The Hall–Kier alpha value is -1.02. The maximum atomic E-state index is 6.06. The monoisotopic (exact) mass is 249 g/mol. The molecular formula is C16H27NO. The Morgan fingerprint density at radius 2 is 1.94 bits per heavy atom. The Morgan fingerprint density at radius 3 is 2.50 bits per heavy atom. The zero-order chi connectivity index (χ0) is 13.4. The van der Waals surface area contributed by atoms with Gasteiger partial charge in [0.05, 0.1) is 7.11 Å². The molecule has 102 valence electrons. The predicted octanol–water partition coefficient (Wildman–Crippen LogP) is 3.78. The Bertz CT molecular complexity index is 345. The van der Waals surface area contributed by atoms with E-state index < -0.39 is 0 Å². The molecule has 0 bridgehead atoms. The minimum Gasteiger partial charge on any atom is -0.496 e. The lowest BCUT2D eigenvalue weighted by Gasteiger charge is -2.32. The van der Waals surface area contributed by atoms with E-state index in [2.05, 4.69) is 26.0 Å². The van der Waals surface area contributed by atoms with Gasteiger partial charge in [-0.05, 0) is 42.9 Å². The first-order valence-corrected chi connectivity index (χ1v) is 7.03. The van der Waals surface area contributed by atoms with Crippen molar-refractivity contribution in [2.24, 2.45) is 11.1 Å². The molecule has 2 heteroatoms. The maximum Gasteiger partial charge on any atom is 0.122 e. The molecule has 1 aromatic carbocycles. The number of benzene rings is 1. The highest BCUT2D eigenvalue weighted by Gasteiger charge is 2.27. The molecule has 1 aromatic rings. The van der Waals surface area contributed by atoms with Crippen molar-refractivity contribution in [1.82, 2.24) is 0 Å². The van der Waals surface area contributed by atoms with Crippen molar-refractivity contribution in [2.75, 3.05) is 13.7 Å². The summed E-state index contributed by atoms with van der Waals surface area (Å²) in [7, 11) is 1.74. The minimum atomic E-state index is 0.227. The van der Waals surface area contributed by atoms with Crippen LogP contribution in [0.2, 0.25) is 0 Å². The number of ether oxygens (including phenoxy) is 1. The fourth-order valence-electron chi connectivity index (χ4n) is 2.51. The van der Waals surface area contributed by atoms with E-state index in [1.54, 1.807) is 7.11 Å². The van der Waals surface area contributed by atoms with Crippen LogP contribution in [-0.2, 0) is 6.42 Å². The van der Waals surface area contributed by atoms with E-state index in [1.165, 1.54) is 24.8 Å². The molecule has 0 aliphatic heterocycles. The average molecular weight is 249 g/mol. The third-order valence-corrected chi connectivity index (χ3v) is 4.00. The van der Waals surface area contributed by atoms with Gasteiger partial charge in [-0.1, -0.05) is 44.9 Å². The minimum absolute atomic E-state index is 0.227. The van der Waals surface area contributed by atoms with Gasteiger partial charge in [0.1, 0.15) is 5.75 Å². The lowest BCUT2D eigenvalue weighted by Crippen LogP contribution is -2.32. The van der Waals surface area contributed by atoms with Gasteiger partial charge < -0.3 is 10.5 Å². The number of rotatable bonds is 8. The lowest BCUT2D eigenvalue weighted by atomic mass is 9.75. The first kappa shape index (κ1) is 15.0. The Labute approximate surface area is 112 Å². The summed E-state index contributed by atoms with van der Waals surface area (Å²) >= 11 is 0. The molecule has 0 aromatic heterocycles. The molecule has 1 atom stereocenters. The molecule has 0 fully saturated rings. The van der Waals surface area contributed by atoms with Gasteiger partial charge in [-0.15, -0.1) is 0 Å². The molecule has 0 aliphatic rings. The first-order valence-electron chi connectivity index (χ1n) is 7.03. The van der Waals surface area contributed by atoms with Crippen LogP contribution in [0.3, 0.4) is 0 Å². The van der Waals surface area contributed by atoms with Gasteiger partial charge in [-0.25, -0.2) is 0 Å². The van der Waals surface area contributed by atoms with Gasteiger partial charge in [0.2, 0.25) is 0 Å². The molecule has 0 spiro atoms. The van der Waals surface area contributed by atoms with Crippen LogP contribution in [0.1, 0.15) is 45.1 Å². The van der Waals surface area contributed by atoms with Crippen LogP contribution < -0.4 is 10.5 Å². The van der Waals surface area contributed by atoms with E-state index in [1.807, 2.05) is 12.1 Å². The SMILES string of the molecule is CCCCC(CC)(CN)Cc1ccccc1OC. The molecule has 0 heterocycles. The van der Waals surface area contributed by atoms with Crippen molar-refractivity contribution in [3.63, 3.8) is 0 Å². The standard InChI is InChI=1S/C16H27NO/c1-4-6-11-16(5-2,13-17)12-14-9-7-8-10-15(14)18-3/h7-10H,4-6,11-13,17H2,1-3H3. The lowest BCUT2D eigenvalue weighted by molar-refractivity contribution is 0.248. The van der Waals surface area contributed by atoms with Crippen molar-refractivity contribution in [2.45, 2.75) is 46.0 Å². The molecule has 0 amide bonds. The van der Waals surface area contributed by atoms with E-state index in [0.717, 1.165) is 25.1 Å². The van der Waals surface area contributed by atoms with E-state index in [0.29, 0.717) is 0 Å². The molecule has 18 heavy (non-hydrogen) atoms. The molecular weight excluding hydrogens is 222 g/mol. The molecule has 0 saturated heterocycles. The Balaban J connectivity index is 2.88. The fraction of sp³-hybridized carbons (Fsp3) is 0.625. The van der Waals surface area contributed by atoms with E-state index in [-0.39, 0.29) is 5.41 Å². The average Bonchev–Trinajstić information content (AvgIpc) is 2.44. The summed E-state index contributed by atoms with van der Waals surface area (Å²) in [6, 6.07) is 8.29. The van der Waals surface area contributed by atoms with Crippen LogP contribution in [-0.4, -0.2) is 13.7 Å². The summed E-state index contributed by atoms with van der Waals surface area (Å²) in [6.07, 6.45) is 5.83. The zero-order valence-corrected chi connectivity index (χ0v) is 12.0. The second-order valence-electron chi connectivity index (χ2n) is 5.15. The topological polar surface area (TPSA) is 35.2 Å². The molecule has 0 radical (unpaired) electrons. The molecule has 2 nitrogen and oxygen atoms in total. The summed E-state index contributed by atoms with van der Waals surface area (Å²) in [4.78, 5) is 0. The van der Waals surface area contributed by atoms with Gasteiger partial charge >= 0.3 is 0 Å². The van der Waals surface area contributed by atoms with Crippen LogP contribution >= 0.6 is 0 Å². The highest BCUT2D eigenvalue weighted by molar-refractivity contribution is 5.34. The number of nitrogens with two attached hydrogens (primary N) is 1. The van der Waals surface area contributed by atoms with Gasteiger partial charge in [0, 0.05) is 0 Å². The molecule has 0 aliphatic carbocycles. The first-order chi connectivity index (χ1) is 8.71. The summed E-state index contributed by atoms with van der Waals surface area (Å²) in [5.41, 5.74) is 7.57. The molecule has 0 saturated carbocycles. The van der Waals surface area contributed by atoms with Crippen molar-refractivity contribution >= 4 is 0 Å². The van der Waals surface area contributed by atoms with Crippen LogP contribution in [0.15, 0.2) is 24.3 Å². The highest BCUT2D eigenvalue weighted by Crippen LogP contribution is 2.34. The van der Waals surface area contributed by atoms with Crippen LogP contribution in [0.5, 0.6) is 5.75 Å². The van der Waals surface area contributed by atoms with Gasteiger partial charge in [0.15, 0.2) is 0 Å². The second kappa shape index (κ2) is 7.42. The van der Waals surface area contributed by atoms with Gasteiger partial charge in [0.25, 0.3) is 0 Å². The smallest absolute Gasteiger partial charge is 0.122 e. The number of hydrogen-bond acceptors (Lipinski definition) is 2. The largest absolute Gasteiger partial charge is 0.496 e. The van der Waals surface area contributed by atoms with E-state index in [9.17, 15) is 0 Å². The molecule has 1 unspecified atom stereocenters. The van der Waals surface area contributed by atoms with Crippen LogP contribution in [0, 0.1) is 5.41 Å². The Kier molecular flexibility index (Phi) is 6.20. The third kappa shape index (κ3) is 3.74. The van der Waals surface area contributed by atoms with E-state index >= 15 is 0 Å². The highest BCUT2D eigenvalue weighted by atomic mass is 16.5. The number of hydrogen-bond donors (Lipinski definition) is 1.